The molecule has 1 aromatic carbocycles. The summed E-state index contributed by atoms with van der Waals surface area (Å²) in [5.41, 5.74) is 0.637. The number of nitrogens with one attached hydrogen (secondary N) is 1. The van der Waals surface area contributed by atoms with Gasteiger partial charge in [-0.15, -0.1) is 0 Å². The summed E-state index contributed by atoms with van der Waals surface area (Å²) in [7, 11) is 0. The number of benzene rings is 1. The van der Waals surface area contributed by atoms with Crippen LogP contribution in [0.1, 0.15) is 31.2 Å². The monoisotopic (exact) mass is 237 g/mol. The number of ether oxygens (including phenoxy) is 1. The third-order valence-corrected chi connectivity index (χ3v) is 2.98. The molecular weight excluding hydrogens is 217 g/mol. The predicted octanol–water partition coefficient (Wildman–Crippen LogP) is 3.05. The van der Waals surface area contributed by atoms with Crippen LogP contribution in [0.5, 0.6) is 5.75 Å². The van der Waals surface area contributed by atoms with Crippen molar-refractivity contribution in [2.45, 2.75) is 38.6 Å². The van der Waals surface area contributed by atoms with Gasteiger partial charge in [-0.25, -0.2) is 4.39 Å². The van der Waals surface area contributed by atoms with Crippen molar-refractivity contribution in [2.75, 3.05) is 13.2 Å². The second kappa shape index (κ2) is 6.01. The van der Waals surface area contributed by atoms with Crippen molar-refractivity contribution in [1.82, 2.24) is 5.32 Å². The quantitative estimate of drug-likeness (QED) is 0.736. The molecule has 2 nitrogen and oxygen atoms in total. The topological polar surface area (TPSA) is 21.3 Å². The third kappa shape index (κ3) is 4.35. The van der Waals surface area contributed by atoms with Crippen molar-refractivity contribution < 1.29 is 9.13 Å². The van der Waals surface area contributed by atoms with E-state index < -0.39 is 0 Å². The molecule has 0 atom stereocenters. The van der Waals surface area contributed by atoms with Gasteiger partial charge in [0.25, 0.3) is 0 Å². The van der Waals surface area contributed by atoms with Gasteiger partial charge in [-0.05, 0) is 62.9 Å². The van der Waals surface area contributed by atoms with Crippen molar-refractivity contribution in [3.8, 4) is 5.75 Å². The summed E-state index contributed by atoms with van der Waals surface area (Å²) in [4.78, 5) is 0. The first-order chi connectivity index (χ1) is 8.25. The first-order valence-corrected chi connectivity index (χ1v) is 6.38. The minimum Gasteiger partial charge on any atom is -0.494 e. The van der Waals surface area contributed by atoms with E-state index in [2.05, 4.69) is 5.32 Å². The molecule has 1 saturated carbocycles. The molecule has 0 amide bonds. The van der Waals surface area contributed by atoms with Crippen LogP contribution in [0.25, 0.3) is 0 Å². The number of unbranched alkanes of at least 4 members (excludes halogenated alkanes) is 1. The zero-order chi connectivity index (χ0) is 12.1. The highest BCUT2D eigenvalue weighted by Crippen LogP contribution is 2.18. The van der Waals surface area contributed by atoms with Gasteiger partial charge in [0.05, 0.1) is 6.61 Å². The van der Waals surface area contributed by atoms with Crippen LogP contribution in [0.15, 0.2) is 18.2 Å². The number of hydrogen-bond donors (Lipinski definition) is 1. The maximum absolute atomic E-state index is 13.0. The summed E-state index contributed by atoms with van der Waals surface area (Å²) in [6.45, 7) is 3.54. The Morgan fingerprint density at radius 2 is 2.18 bits per heavy atom. The van der Waals surface area contributed by atoms with Crippen molar-refractivity contribution in [3.05, 3.63) is 29.6 Å². The van der Waals surface area contributed by atoms with Gasteiger partial charge in [-0.1, -0.05) is 0 Å². The Labute approximate surface area is 102 Å². The molecule has 94 valence electrons. The Bertz CT molecular complexity index is 363. The predicted molar refractivity (Wildman–Crippen MR) is 66.9 cm³/mol. The first-order valence-electron chi connectivity index (χ1n) is 6.38. The molecule has 0 aliphatic heterocycles. The number of rotatable bonds is 7. The lowest BCUT2D eigenvalue weighted by atomic mass is 10.2. The molecule has 17 heavy (non-hydrogen) atoms. The van der Waals surface area contributed by atoms with Crippen LogP contribution >= 0.6 is 0 Å². The highest BCUT2D eigenvalue weighted by atomic mass is 19.1. The largest absolute Gasteiger partial charge is 0.494 e. The number of hydrogen-bond acceptors (Lipinski definition) is 2. The molecule has 0 heterocycles. The Hall–Kier alpha value is -1.09. The Kier molecular flexibility index (Phi) is 4.37. The summed E-state index contributed by atoms with van der Waals surface area (Å²) in [5.74, 6) is 0.588. The van der Waals surface area contributed by atoms with Gasteiger partial charge < -0.3 is 10.1 Å². The lowest BCUT2D eigenvalue weighted by Gasteiger charge is -2.07. The lowest BCUT2D eigenvalue weighted by Crippen LogP contribution is -2.17. The molecule has 1 aliphatic carbocycles. The van der Waals surface area contributed by atoms with Gasteiger partial charge in [0, 0.05) is 6.04 Å². The fraction of sp³-hybridized carbons (Fsp3) is 0.571. The summed E-state index contributed by atoms with van der Waals surface area (Å²) < 4.78 is 18.6. The van der Waals surface area contributed by atoms with Crippen molar-refractivity contribution >= 4 is 0 Å². The maximum Gasteiger partial charge on any atom is 0.126 e. The molecule has 1 N–H and O–H groups in total. The van der Waals surface area contributed by atoms with Crippen molar-refractivity contribution in [1.29, 1.82) is 0 Å². The highest BCUT2D eigenvalue weighted by molar-refractivity contribution is 5.28. The molecule has 0 radical (unpaired) electrons. The van der Waals surface area contributed by atoms with Gasteiger partial charge >= 0.3 is 0 Å². The Morgan fingerprint density at radius 1 is 1.35 bits per heavy atom. The summed E-state index contributed by atoms with van der Waals surface area (Å²) in [6, 6.07) is 5.68. The minimum absolute atomic E-state index is 0.175. The van der Waals surface area contributed by atoms with Crippen LogP contribution in [-0.2, 0) is 0 Å². The molecular formula is C14H20FNO. The number of aryl methyl sites for hydroxylation is 1. The van der Waals surface area contributed by atoms with E-state index in [4.69, 9.17) is 4.74 Å². The Morgan fingerprint density at radius 3 is 2.88 bits per heavy atom. The van der Waals surface area contributed by atoms with Crippen molar-refractivity contribution in [2.24, 2.45) is 0 Å². The standard InChI is InChI=1S/C14H20FNO/c1-11-10-13(6-7-14(11)15)17-9-3-2-8-16-12-4-5-12/h6-7,10,12,16H,2-5,8-9H2,1H3. The SMILES string of the molecule is Cc1cc(OCCCCNC2CC2)ccc1F. The highest BCUT2D eigenvalue weighted by Gasteiger charge is 2.19. The van der Waals surface area contributed by atoms with E-state index in [9.17, 15) is 4.39 Å². The molecule has 3 heteroatoms. The van der Waals surface area contributed by atoms with Crippen LogP contribution < -0.4 is 10.1 Å². The average Bonchev–Trinajstić information content (AvgIpc) is 3.12. The zero-order valence-electron chi connectivity index (χ0n) is 10.3. The van der Waals surface area contributed by atoms with Gasteiger partial charge in [-0.2, -0.15) is 0 Å². The molecule has 0 saturated heterocycles. The molecule has 1 fully saturated rings. The van der Waals surface area contributed by atoms with E-state index in [-0.39, 0.29) is 5.82 Å². The fourth-order valence-electron chi connectivity index (χ4n) is 1.72. The van der Waals surface area contributed by atoms with E-state index in [1.807, 2.05) is 0 Å². The van der Waals surface area contributed by atoms with Crippen LogP contribution in [0.2, 0.25) is 0 Å². The summed E-state index contributed by atoms with van der Waals surface area (Å²) >= 11 is 0. The minimum atomic E-state index is -0.175. The molecule has 1 aliphatic rings. The van der Waals surface area contributed by atoms with E-state index in [0.717, 1.165) is 31.2 Å². The van der Waals surface area contributed by atoms with E-state index in [0.29, 0.717) is 12.2 Å². The van der Waals surface area contributed by atoms with Gasteiger partial charge in [-0.3, -0.25) is 0 Å². The van der Waals surface area contributed by atoms with Crippen LogP contribution in [0.3, 0.4) is 0 Å². The van der Waals surface area contributed by atoms with Gasteiger partial charge in [0.1, 0.15) is 11.6 Å². The molecule has 0 aromatic heterocycles. The summed E-state index contributed by atoms with van der Waals surface area (Å²) in [5, 5.41) is 3.47. The van der Waals surface area contributed by atoms with E-state index in [1.165, 1.54) is 18.9 Å². The van der Waals surface area contributed by atoms with E-state index in [1.54, 1.807) is 19.1 Å². The molecule has 0 bridgehead atoms. The molecule has 0 unspecified atom stereocenters. The molecule has 2 rings (SSSR count). The average molecular weight is 237 g/mol. The smallest absolute Gasteiger partial charge is 0.126 e. The second-order valence-electron chi connectivity index (χ2n) is 4.69. The second-order valence-corrected chi connectivity index (χ2v) is 4.69. The third-order valence-electron chi connectivity index (χ3n) is 2.98. The fourth-order valence-corrected chi connectivity index (χ4v) is 1.72. The zero-order valence-corrected chi connectivity index (χ0v) is 10.3. The molecule has 1 aromatic rings. The van der Waals surface area contributed by atoms with Crippen LogP contribution in [0, 0.1) is 12.7 Å². The first kappa shape index (κ1) is 12.4. The normalized spacial score (nSPS) is 14.9. The van der Waals surface area contributed by atoms with Crippen LogP contribution in [-0.4, -0.2) is 19.2 Å². The summed E-state index contributed by atoms with van der Waals surface area (Å²) in [6.07, 6.45) is 4.85. The lowest BCUT2D eigenvalue weighted by molar-refractivity contribution is 0.305. The maximum atomic E-state index is 13.0. The Balaban J connectivity index is 1.58. The molecule has 0 spiro atoms. The van der Waals surface area contributed by atoms with Crippen LogP contribution in [0.4, 0.5) is 4.39 Å². The van der Waals surface area contributed by atoms with Gasteiger partial charge in [0.15, 0.2) is 0 Å². The van der Waals surface area contributed by atoms with E-state index >= 15 is 0 Å². The number of halogens is 1. The van der Waals surface area contributed by atoms with Crippen molar-refractivity contribution in [3.63, 3.8) is 0 Å². The van der Waals surface area contributed by atoms with Gasteiger partial charge in [0.2, 0.25) is 0 Å².